The molecule has 2 amide bonds. The van der Waals surface area contributed by atoms with Gasteiger partial charge in [0.15, 0.2) is 11.5 Å². The summed E-state index contributed by atoms with van der Waals surface area (Å²) < 4.78 is 11.8. The average Bonchev–Trinajstić information content (AvgIpc) is 3.46. The summed E-state index contributed by atoms with van der Waals surface area (Å²) in [5.41, 5.74) is 3.22. The zero-order chi connectivity index (χ0) is 33.1. The van der Waals surface area contributed by atoms with Crippen molar-refractivity contribution in [2.75, 3.05) is 20.3 Å². The maximum atomic E-state index is 14.0. The Labute approximate surface area is 273 Å². The molecule has 9 heteroatoms. The number of hydrogen-bond donors (Lipinski definition) is 3. The number of amides is 2. The third-order valence-corrected chi connectivity index (χ3v) is 9.06. The molecule has 0 spiro atoms. The molecule has 0 saturated carbocycles. The van der Waals surface area contributed by atoms with Crippen LogP contribution in [0.1, 0.15) is 104 Å². The topological polar surface area (TPSA) is 125 Å². The van der Waals surface area contributed by atoms with Crippen molar-refractivity contribution in [3.05, 3.63) is 70.3 Å². The Kier molecular flexibility index (Phi) is 13.2. The first-order valence-electron chi connectivity index (χ1n) is 16.8. The van der Waals surface area contributed by atoms with E-state index >= 15 is 0 Å². The largest absolute Gasteiger partial charge is 0.493 e. The van der Waals surface area contributed by atoms with Crippen molar-refractivity contribution < 1.29 is 34.1 Å². The Bertz CT molecular complexity index is 1360. The molecular weight excluding hydrogens is 584 g/mol. The summed E-state index contributed by atoms with van der Waals surface area (Å²) >= 11 is 0. The Morgan fingerprint density at radius 3 is 2.33 bits per heavy atom. The number of carbonyl (C=O) groups is 3. The van der Waals surface area contributed by atoms with E-state index in [9.17, 15) is 24.6 Å². The smallest absolute Gasteiger partial charge is 0.247 e. The molecule has 4 rings (SSSR count). The predicted octanol–water partition coefficient (Wildman–Crippen LogP) is 5.39. The van der Waals surface area contributed by atoms with Crippen LogP contribution in [0.2, 0.25) is 0 Å². The predicted molar refractivity (Wildman–Crippen MR) is 177 cm³/mol. The van der Waals surface area contributed by atoms with E-state index in [2.05, 4.69) is 12.2 Å². The van der Waals surface area contributed by atoms with Crippen molar-refractivity contribution in [1.29, 1.82) is 0 Å². The van der Waals surface area contributed by atoms with Crippen molar-refractivity contribution in [1.82, 2.24) is 10.2 Å². The van der Waals surface area contributed by atoms with Crippen molar-refractivity contribution in [3.63, 3.8) is 0 Å². The fourth-order valence-corrected chi connectivity index (χ4v) is 6.54. The monoisotopic (exact) mass is 634 g/mol. The van der Waals surface area contributed by atoms with Gasteiger partial charge in [-0.3, -0.25) is 14.4 Å². The highest BCUT2D eigenvalue weighted by molar-refractivity contribution is 5.96. The molecule has 0 aromatic heterocycles. The highest BCUT2D eigenvalue weighted by Crippen LogP contribution is 2.51. The molecule has 4 unspecified atom stereocenters. The molecule has 3 N–H and O–H groups in total. The number of aldehydes is 1. The maximum Gasteiger partial charge on any atom is 0.247 e. The lowest BCUT2D eigenvalue weighted by Crippen LogP contribution is -2.55. The second-order valence-corrected chi connectivity index (χ2v) is 12.5. The molecule has 4 atom stereocenters. The summed E-state index contributed by atoms with van der Waals surface area (Å²) in [4.78, 5) is 41.0. The zero-order valence-corrected chi connectivity index (χ0v) is 27.5. The Hall–Kier alpha value is -3.69. The number of unbranched alkanes of at least 4 members (excludes halogenated alkanes) is 8. The van der Waals surface area contributed by atoms with Crippen LogP contribution in [0, 0.1) is 6.92 Å². The van der Waals surface area contributed by atoms with E-state index in [0.717, 1.165) is 36.8 Å². The van der Waals surface area contributed by atoms with Crippen molar-refractivity contribution >= 4 is 18.1 Å². The molecule has 0 saturated heterocycles. The zero-order valence-electron chi connectivity index (χ0n) is 27.5. The molecule has 0 radical (unpaired) electrons. The number of hydrogen-bond acceptors (Lipinski definition) is 7. The van der Waals surface area contributed by atoms with E-state index < -0.39 is 30.1 Å². The first-order valence-corrected chi connectivity index (χ1v) is 16.8. The summed E-state index contributed by atoms with van der Waals surface area (Å²) in [5.74, 6) is -0.564. The van der Waals surface area contributed by atoms with Crippen LogP contribution in [0.3, 0.4) is 0 Å². The third kappa shape index (κ3) is 8.56. The van der Waals surface area contributed by atoms with Gasteiger partial charge in [0.05, 0.1) is 25.7 Å². The molecule has 1 aliphatic heterocycles. The van der Waals surface area contributed by atoms with Gasteiger partial charge in [-0.15, -0.1) is 0 Å². The van der Waals surface area contributed by atoms with Crippen LogP contribution in [0.15, 0.2) is 48.0 Å². The highest BCUT2D eigenvalue weighted by atomic mass is 16.5. The molecule has 1 heterocycles. The number of methoxy groups -OCH3 is 1. The third-order valence-electron chi connectivity index (χ3n) is 9.06. The normalized spacial score (nSPS) is 19.8. The van der Waals surface area contributed by atoms with Crippen LogP contribution in [-0.4, -0.2) is 71.7 Å². The number of aliphatic hydroxyl groups is 2. The van der Waals surface area contributed by atoms with Crippen molar-refractivity contribution in [2.24, 2.45) is 0 Å². The number of nitrogens with zero attached hydrogens (tertiary/aromatic N) is 1. The van der Waals surface area contributed by atoms with E-state index in [-0.39, 0.29) is 25.6 Å². The minimum Gasteiger partial charge on any atom is -0.493 e. The first-order chi connectivity index (χ1) is 22.3. The van der Waals surface area contributed by atoms with Gasteiger partial charge in [-0.25, -0.2) is 0 Å². The second-order valence-electron chi connectivity index (χ2n) is 12.5. The summed E-state index contributed by atoms with van der Waals surface area (Å²) in [7, 11) is 1.47. The number of rotatable bonds is 18. The van der Waals surface area contributed by atoms with Gasteiger partial charge in [0.2, 0.25) is 11.8 Å². The fraction of sp³-hybridized carbons (Fsp3) is 0.541. The van der Waals surface area contributed by atoms with Gasteiger partial charge in [0.25, 0.3) is 0 Å². The summed E-state index contributed by atoms with van der Waals surface area (Å²) in [6.07, 6.45) is 10.8. The number of fused-ring (bicyclic) bond motifs is 3. The van der Waals surface area contributed by atoms with Crippen LogP contribution in [0.25, 0.3) is 0 Å². The standard InChI is InChI=1S/C37H50N2O7/c1-4-5-6-7-8-9-10-11-12-13-32(42)39(23-26-16-14-25(2)15-17-26)30-22-29(37(44)38-18-19-40)33-28-20-27(24-41)21-31(45-3)35(28)46-36(33)34(30)43/h14-17,20-22,24,30,33-34,36,40,43H,4-13,18-19,23H2,1-3H3,(H,38,44). The van der Waals surface area contributed by atoms with E-state index in [0.29, 0.717) is 40.9 Å². The van der Waals surface area contributed by atoms with Gasteiger partial charge in [-0.2, -0.15) is 0 Å². The minimum atomic E-state index is -1.17. The number of nitrogens with one attached hydrogen (secondary N) is 1. The van der Waals surface area contributed by atoms with E-state index in [1.165, 1.54) is 39.2 Å². The quantitative estimate of drug-likeness (QED) is 0.148. The van der Waals surface area contributed by atoms with Gasteiger partial charge in [-0.1, -0.05) is 88.1 Å². The first kappa shape index (κ1) is 35.2. The Morgan fingerprint density at radius 2 is 1.70 bits per heavy atom. The van der Waals surface area contributed by atoms with E-state index in [4.69, 9.17) is 9.47 Å². The molecule has 46 heavy (non-hydrogen) atoms. The van der Waals surface area contributed by atoms with Gasteiger partial charge in [0, 0.05) is 36.2 Å². The maximum absolute atomic E-state index is 14.0. The van der Waals surface area contributed by atoms with Crippen LogP contribution < -0.4 is 14.8 Å². The lowest BCUT2D eigenvalue weighted by molar-refractivity contribution is -0.138. The molecule has 0 fully saturated rings. The van der Waals surface area contributed by atoms with Crippen molar-refractivity contribution in [2.45, 2.75) is 109 Å². The average molecular weight is 635 g/mol. The van der Waals surface area contributed by atoms with Crippen LogP contribution in [0.5, 0.6) is 11.5 Å². The number of carbonyl (C=O) groups excluding carboxylic acids is 3. The van der Waals surface area contributed by atoms with Gasteiger partial charge >= 0.3 is 0 Å². The molecular formula is C37H50N2O7. The summed E-state index contributed by atoms with van der Waals surface area (Å²) in [6, 6.07) is 10.3. The summed E-state index contributed by atoms with van der Waals surface area (Å²) in [5, 5.41) is 24.0. The lowest BCUT2D eigenvalue weighted by Gasteiger charge is -2.41. The Balaban J connectivity index is 1.62. The lowest BCUT2D eigenvalue weighted by atomic mass is 9.77. The molecule has 2 aromatic carbocycles. The van der Waals surface area contributed by atoms with E-state index in [1.807, 2.05) is 31.2 Å². The van der Waals surface area contributed by atoms with Gasteiger partial charge in [-0.05, 0) is 37.1 Å². The van der Waals surface area contributed by atoms with E-state index in [1.54, 1.807) is 23.1 Å². The van der Waals surface area contributed by atoms with Crippen LogP contribution >= 0.6 is 0 Å². The van der Waals surface area contributed by atoms with Crippen molar-refractivity contribution in [3.8, 4) is 11.5 Å². The molecule has 9 nitrogen and oxygen atoms in total. The number of benzene rings is 2. The molecule has 0 bridgehead atoms. The summed E-state index contributed by atoms with van der Waals surface area (Å²) in [6.45, 7) is 4.26. The number of aliphatic hydroxyl groups excluding tert-OH is 2. The Morgan fingerprint density at radius 1 is 1.02 bits per heavy atom. The molecule has 2 aliphatic rings. The molecule has 2 aromatic rings. The highest BCUT2D eigenvalue weighted by Gasteiger charge is 2.51. The molecule has 250 valence electrons. The fourth-order valence-electron chi connectivity index (χ4n) is 6.54. The number of aryl methyl sites for hydroxylation is 1. The van der Waals surface area contributed by atoms with Crippen LogP contribution in [-0.2, 0) is 16.1 Å². The van der Waals surface area contributed by atoms with Gasteiger partial charge < -0.3 is 29.9 Å². The van der Waals surface area contributed by atoms with Crippen LogP contribution in [0.4, 0.5) is 0 Å². The molecule has 1 aliphatic carbocycles. The second kappa shape index (κ2) is 17.3. The van der Waals surface area contributed by atoms with Gasteiger partial charge in [0.1, 0.15) is 18.5 Å². The minimum absolute atomic E-state index is 0.0385. The number of ether oxygens (including phenoxy) is 2. The SMILES string of the molecule is CCCCCCCCCCCC(=O)N(Cc1ccc(C)cc1)C1C=C(C(=O)NCCO)C2c3cc(C=O)cc(OC)c3OC2C1O.